The number of hydrogen-bond acceptors (Lipinski definition) is 4. The summed E-state index contributed by atoms with van der Waals surface area (Å²) in [7, 11) is -3.08. The monoisotopic (exact) mass is 396 g/mol. The van der Waals surface area contributed by atoms with Gasteiger partial charge in [-0.15, -0.1) is 0 Å². The Labute approximate surface area is 161 Å². The van der Waals surface area contributed by atoms with Crippen LogP contribution >= 0.6 is 0 Å². The molecule has 0 aliphatic carbocycles. The molecule has 2 rings (SSSR count). The highest BCUT2D eigenvalue weighted by Crippen LogP contribution is 2.22. The van der Waals surface area contributed by atoms with Crippen molar-refractivity contribution in [1.82, 2.24) is 5.32 Å². The Bertz CT molecular complexity index is 794. The normalized spacial score (nSPS) is 22.2. The first-order chi connectivity index (χ1) is 12.6. The van der Waals surface area contributed by atoms with Crippen LogP contribution in [0.4, 0.5) is 5.69 Å². The van der Waals surface area contributed by atoms with Crippen molar-refractivity contribution in [1.29, 1.82) is 0 Å². The molecule has 0 bridgehead atoms. The van der Waals surface area contributed by atoms with Crippen LogP contribution < -0.4 is 15.5 Å². The van der Waals surface area contributed by atoms with E-state index in [9.17, 15) is 18.0 Å². The van der Waals surface area contributed by atoms with E-state index in [-0.39, 0.29) is 36.4 Å². The van der Waals surface area contributed by atoms with Crippen LogP contribution in [-0.2, 0) is 19.4 Å². The first kappa shape index (κ1) is 21.4. The van der Waals surface area contributed by atoms with Crippen molar-refractivity contribution in [2.24, 2.45) is 0 Å². The van der Waals surface area contributed by atoms with E-state index in [4.69, 9.17) is 0 Å². The zero-order chi connectivity index (χ0) is 20.1. The van der Waals surface area contributed by atoms with Crippen molar-refractivity contribution in [3.63, 3.8) is 0 Å². The smallest absolute Gasteiger partial charge is 0.279 e. The molecule has 3 N–H and O–H groups in total. The largest absolute Gasteiger partial charge is 0.345 e. The fourth-order valence-electron chi connectivity index (χ4n) is 3.44. The minimum atomic E-state index is -3.08. The van der Waals surface area contributed by atoms with Crippen molar-refractivity contribution in [2.75, 3.05) is 36.5 Å². The molecule has 1 saturated heterocycles. The van der Waals surface area contributed by atoms with Crippen molar-refractivity contribution in [2.45, 2.75) is 39.2 Å². The fraction of sp³-hybridized carbons (Fsp3) is 0.579. The topological polar surface area (TPSA) is 96.8 Å². The summed E-state index contributed by atoms with van der Waals surface area (Å²) in [6.45, 7) is 6.71. The molecule has 1 aromatic carbocycles. The first-order valence-electron chi connectivity index (χ1n) is 9.33. The standard InChI is InChI=1S/C19H29N3O4S/c1-4-10-22(12-17(23)20-16-8-6-5-7-15(16)2)13-18(24)21-19(3)9-11-27(25,26)14-19/h5-8H,4,9-14H2,1-3H3,(H,20,23)(H,21,24)/p+1/t19-/m0/s1. The molecular weight excluding hydrogens is 366 g/mol. The number of para-hydroxylation sites is 1. The third kappa shape index (κ3) is 6.62. The molecular formula is C19H30N3O4S+. The third-order valence-electron chi connectivity index (χ3n) is 4.79. The van der Waals surface area contributed by atoms with Gasteiger partial charge in [-0.25, -0.2) is 8.42 Å². The summed E-state index contributed by atoms with van der Waals surface area (Å²) in [5.74, 6) is -0.284. The summed E-state index contributed by atoms with van der Waals surface area (Å²) in [6.07, 6.45) is 1.27. The first-order valence-corrected chi connectivity index (χ1v) is 11.1. The Kier molecular flexibility index (Phi) is 7.00. The summed E-state index contributed by atoms with van der Waals surface area (Å²) in [4.78, 5) is 25.7. The highest BCUT2D eigenvalue weighted by molar-refractivity contribution is 7.91. The van der Waals surface area contributed by atoms with Gasteiger partial charge in [-0.2, -0.15) is 0 Å². The molecule has 1 aliphatic heterocycles. The van der Waals surface area contributed by atoms with Crippen LogP contribution in [0.5, 0.6) is 0 Å². The van der Waals surface area contributed by atoms with Gasteiger partial charge in [0.2, 0.25) is 0 Å². The maximum Gasteiger partial charge on any atom is 0.279 e. The summed E-state index contributed by atoms with van der Waals surface area (Å²) >= 11 is 0. The highest BCUT2D eigenvalue weighted by atomic mass is 32.2. The zero-order valence-corrected chi connectivity index (χ0v) is 17.1. The highest BCUT2D eigenvalue weighted by Gasteiger charge is 2.39. The summed E-state index contributed by atoms with van der Waals surface area (Å²) in [6, 6.07) is 7.55. The minimum Gasteiger partial charge on any atom is -0.345 e. The van der Waals surface area contributed by atoms with E-state index in [1.165, 1.54) is 0 Å². The Balaban J connectivity index is 1.91. The molecule has 0 spiro atoms. The van der Waals surface area contributed by atoms with Crippen LogP contribution in [0.2, 0.25) is 0 Å². The number of quaternary nitrogens is 1. The lowest BCUT2D eigenvalue weighted by molar-refractivity contribution is -0.883. The molecule has 2 amide bonds. The van der Waals surface area contributed by atoms with E-state index < -0.39 is 15.4 Å². The van der Waals surface area contributed by atoms with Crippen LogP contribution in [-0.4, -0.2) is 56.9 Å². The molecule has 1 fully saturated rings. The number of aryl methyl sites for hydroxylation is 1. The van der Waals surface area contributed by atoms with E-state index in [2.05, 4.69) is 10.6 Å². The van der Waals surface area contributed by atoms with Gasteiger partial charge in [0.25, 0.3) is 11.8 Å². The van der Waals surface area contributed by atoms with E-state index in [1.54, 1.807) is 6.92 Å². The average Bonchev–Trinajstić information content (AvgIpc) is 2.82. The molecule has 0 saturated carbocycles. The van der Waals surface area contributed by atoms with Crippen LogP contribution in [0.15, 0.2) is 24.3 Å². The lowest BCUT2D eigenvalue weighted by Crippen LogP contribution is -3.14. The van der Waals surface area contributed by atoms with Crippen LogP contribution in [0, 0.1) is 6.92 Å². The molecule has 1 aliphatic rings. The maximum atomic E-state index is 12.4. The number of sulfone groups is 1. The Morgan fingerprint density at radius 2 is 1.85 bits per heavy atom. The van der Waals surface area contributed by atoms with Crippen molar-refractivity contribution in [3.05, 3.63) is 29.8 Å². The van der Waals surface area contributed by atoms with Crippen LogP contribution in [0.25, 0.3) is 0 Å². The Morgan fingerprint density at radius 1 is 1.19 bits per heavy atom. The van der Waals surface area contributed by atoms with E-state index in [1.807, 2.05) is 38.1 Å². The third-order valence-corrected chi connectivity index (χ3v) is 6.69. The maximum absolute atomic E-state index is 12.4. The van der Waals surface area contributed by atoms with Gasteiger partial charge in [0, 0.05) is 5.69 Å². The number of nitrogens with one attached hydrogen (secondary N) is 3. The van der Waals surface area contributed by atoms with Crippen molar-refractivity contribution >= 4 is 27.3 Å². The Hall–Kier alpha value is -1.93. The number of anilines is 1. The number of amides is 2. The summed E-state index contributed by atoms with van der Waals surface area (Å²) < 4.78 is 23.4. The van der Waals surface area contributed by atoms with E-state index >= 15 is 0 Å². The van der Waals surface area contributed by atoms with Crippen LogP contribution in [0.3, 0.4) is 0 Å². The second kappa shape index (κ2) is 8.84. The van der Waals surface area contributed by atoms with Gasteiger partial charge in [0.15, 0.2) is 22.9 Å². The van der Waals surface area contributed by atoms with Crippen LogP contribution in [0.1, 0.15) is 32.3 Å². The zero-order valence-electron chi connectivity index (χ0n) is 16.3. The Morgan fingerprint density at radius 3 is 2.44 bits per heavy atom. The number of hydrogen-bond donors (Lipinski definition) is 3. The van der Waals surface area contributed by atoms with Gasteiger partial charge in [-0.05, 0) is 38.3 Å². The average molecular weight is 397 g/mol. The van der Waals surface area contributed by atoms with Gasteiger partial charge in [0.05, 0.1) is 23.6 Å². The molecule has 8 heteroatoms. The molecule has 0 aromatic heterocycles. The molecule has 7 nitrogen and oxygen atoms in total. The molecule has 27 heavy (non-hydrogen) atoms. The molecule has 150 valence electrons. The SMILES string of the molecule is CCC[NH+](CC(=O)Nc1ccccc1C)CC(=O)N[C@@]1(C)CCS(=O)(=O)C1. The van der Waals surface area contributed by atoms with Gasteiger partial charge in [-0.3, -0.25) is 9.59 Å². The molecule has 1 unspecified atom stereocenters. The minimum absolute atomic E-state index is 0.0252. The number of carbonyl (C=O) groups excluding carboxylic acids is 2. The van der Waals surface area contributed by atoms with Gasteiger partial charge in [-0.1, -0.05) is 25.1 Å². The molecule has 0 radical (unpaired) electrons. The van der Waals surface area contributed by atoms with Gasteiger partial charge in [0.1, 0.15) is 0 Å². The number of rotatable bonds is 8. The predicted molar refractivity (Wildman–Crippen MR) is 105 cm³/mol. The second-order valence-corrected chi connectivity index (χ2v) is 9.85. The van der Waals surface area contributed by atoms with E-state index in [0.29, 0.717) is 13.0 Å². The fourth-order valence-corrected chi connectivity index (χ4v) is 5.54. The lowest BCUT2D eigenvalue weighted by Gasteiger charge is -2.25. The van der Waals surface area contributed by atoms with Gasteiger partial charge >= 0.3 is 0 Å². The lowest BCUT2D eigenvalue weighted by atomic mass is 10.0. The summed E-state index contributed by atoms with van der Waals surface area (Å²) in [5, 5.41) is 5.75. The summed E-state index contributed by atoms with van der Waals surface area (Å²) in [5.41, 5.74) is 1.04. The molecule has 2 atom stereocenters. The van der Waals surface area contributed by atoms with Crippen molar-refractivity contribution in [3.8, 4) is 0 Å². The predicted octanol–water partition coefficient (Wildman–Crippen LogP) is -0.0782. The molecule has 1 aromatic rings. The number of benzene rings is 1. The quantitative estimate of drug-likeness (QED) is 0.573. The van der Waals surface area contributed by atoms with E-state index in [0.717, 1.165) is 22.6 Å². The van der Waals surface area contributed by atoms with Gasteiger partial charge < -0.3 is 15.5 Å². The second-order valence-electron chi connectivity index (χ2n) is 7.67. The number of carbonyl (C=O) groups is 2. The van der Waals surface area contributed by atoms with Crippen molar-refractivity contribution < 1.29 is 22.9 Å². The molecule has 1 heterocycles.